The average Bonchev–Trinajstić information content (AvgIpc) is 3.03. The summed E-state index contributed by atoms with van der Waals surface area (Å²) in [6.45, 7) is 2.12. The quantitative estimate of drug-likeness (QED) is 0.631. The van der Waals surface area contributed by atoms with E-state index in [-0.39, 0.29) is 11.6 Å². The number of piperidine rings is 1. The zero-order chi connectivity index (χ0) is 16.3. The van der Waals surface area contributed by atoms with E-state index in [0.29, 0.717) is 18.4 Å². The lowest BCUT2D eigenvalue weighted by Gasteiger charge is -2.44. The highest BCUT2D eigenvalue weighted by atomic mass is 16.6. The molecule has 0 atom stereocenters. The number of hydrogen-bond donors (Lipinski definition) is 0. The van der Waals surface area contributed by atoms with Crippen LogP contribution in [0, 0.1) is 15.5 Å². The highest BCUT2D eigenvalue weighted by Crippen LogP contribution is 2.44. The molecular formula is C16H24N4O3. The summed E-state index contributed by atoms with van der Waals surface area (Å²) >= 11 is 0. The molecule has 0 radical (unpaired) electrons. The number of carbonyl (C=O) groups is 1. The molecule has 2 aliphatic rings. The maximum atomic E-state index is 12.3. The molecule has 2 heterocycles. The lowest BCUT2D eigenvalue weighted by Crippen LogP contribution is -2.44. The SMILES string of the molecule is O=C(CCn1cc([N+](=O)[O-])cn1)N1CCC2(CCCCC2)CC1. The van der Waals surface area contributed by atoms with Crippen molar-refractivity contribution in [3.05, 3.63) is 22.5 Å². The second-order valence-corrected chi connectivity index (χ2v) is 6.91. The van der Waals surface area contributed by atoms with Crippen LogP contribution in [-0.2, 0) is 11.3 Å². The number of nitrogens with zero attached hydrogens (tertiary/aromatic N) is 4. The highest BCUT2D eigenvalue weighted by Gasteiger charge is 2.36. The minimum Gasteiger partial charge on any atom is -0.343 e. The lowest BCUT2D eigenvalue weighted by atomic mass is 9.68. The number of aryl methyl sites for hydroxylation is 1. The Kier molecular flexibility index (Phi) is 4.63. The minimum absolute atomic E-state index is 0.0327. The number of likely N-dealkylation sites (tertiary alicyclic amines) is 1. The predicted molar refractivity (Wildman–Crippen MR) is 84.8 cm³/mol. The van der Waals surface area contributed by atoms with Crippen molar-refractivity contribution >= 4 is 11.6 Å². The van der Waals surface area contributed by atoms with Crippen molar-refractivity contribution in [1.82, 2.24) is 14.7 Å². The number of carbonyl (C=O) groups excluding carboxylic acids is 1. The van der Waals surface area contributed by atoms with Crippen LogP contribution in [0.3, 0.4) is 0 Å². The zero-order valence-electron chi connectivity index (χ0n) is 13.4. The third-order valence-corrected chi connectivity index (χ3v) is 5.48. The van der Waals surface area contributed by atoms with Gasteiger partial charge in [0.05, 0.1) is 4.92 Å². The molecular weight excluding hydrogens is 296 g/mol. The van der Waals surface area contributed by atoms with Crippen LogP contribution in [0.25, 0.3) is 0 Å². The topological polar surface area (TPSA) is 81.3 Å². The van der Waals surface area contributed by atoms with Gasteiger partial charge in [0, 0.05) is 26.1 Å². The van der Waals surface area contributed by atoms with Gasteiger partial charge in [-0.2, -0.15) is 5.10 Å². The lowest BCUT2D eigenvalue weighted by molar-refractivity contribution is -0.385. The molecule has 126 valence electrons. The third kappa shape index (κ3) is 3.71. The molecule has 1 aliphatic heterocycles. The first kappa shape index (κ1) is 16.0. The van der Waals surface area contributed by atoms with Crippen LogP contribution in [0.5, 0.6) is 0 Å². The van der Waals surface area contributed by atoms with Crippen LogP contribution >= 0.6 is 0 Å². The molecule has 23 heavy (non-hydrogen) atoms. The molecule has 1 saturated heterocycles. The van der Waals surface area contributed by atoms with E-state index in [9.17, 15) is 14.9 Å². The average molecular weight is 320 g/mol. The highest BCUT2D eigenvalue weighted by molar-refractivity contribution is 5.76. The summed E-state index contributed by atoms with van der Waals surface area (Å²) in [6.07, 6.45) is 11.9. The largest absolute Gasteiger partial charge is 0.343 e. The van der Waals surface area contributed by atoms with Gasteiger partial charge in [0.2, 0.25) is 5.91 Å². The van der Waals surface area contributed by atoms with E-state index in [4.69, 9.17) is 0 Å². The molecule has 7 heteroatoms. The van der Waals surface area contributed by atoms with Gasteiger partial charge in [-0.25, -0.2) is 0 Å². The smallest absolute Gasteiger partial charge is 0.306 e. The van der Waals surface area contributed by atoms with Crippen molar-refractivity contribution in [2.75, 3.05) is 13.1 Å². The number of hydrogen-bond acceptors (Lipinski definition) is 4. The number of aromatic nitrogens is 2. The Bertz CT molecular complexity index is 568. The third-order valence-electron chi connectivity index (χ3n) is 5.48. The van der Waals surface area contributed by atoms with Crippen LogP contribution < -0.4 is 0 Å². The fourth-order valence-electron chi connectivity index (χ4n) is 3.97. The van der Waals surface area contributed by atoms with Gasteiger partial charge in [-0.15, -0.1) is 0 Å². The second-order valence-electron chi connectivity index (χ2n) is 6.91. The number of rotatable bonds is 4. The Morgan fingerprint density at radius 2 is 1.91 bits per heavy atom. The molecule has 0 N–H and O–H groups in total. The van der Waals surface area contributed by atoms with Crippen molar-refractivity contribution in [2.24, 2.45) is 5.41 Å². The molecule has 1 saturated carbocycles. The van der Waals surface area contributed by atoms with E-state index in [1.165, 1.54) is 49.2 Å². The van der Waals surface area contributed by atoms with Gasteiger partial charge in [-0.3, -0.25) is 19.6 Å². The zero-order valence-corrected chi connectivity index (χ0v) is 13.4. The fraction of sp³-hybridized carbons (Fsp3) is 0.750. The molecule has 1 aliphatic carbocycles. The van der Waals surface area contributed by atoms with Gasteiger partial charge in [-0.1, -0.05) is 19.3 Å². The first-order valence-corrected chi connectivity index (χ1v) is 8.53. The fourth-order valence-corrected chi connectivity index (χ4v) is 3.97. The molecule has 7 nitrogen and oxygen atoms in total. The number of amides is 1. The molecule has 1 aromatic rings. The number of nitro groups is 1. The molecule has 0 bridgehead atoms. The molecule has 1 spiro atoms. The van der Waals surface area contributed by atoms with E-state index in [2.05, 4.69) is 5.10 Å². The molecule has 1 amide bonds. The first-order valence-electron chi connectivity index (χ1n) is 8.53. The van der Waals surface area contributed by atoms with Gasteiger partial charge in [0.15, 0.2) is 0 Å². The van der Waals surface area contributed by atoms with Crippen LogP contribution in [0.1, 0.15) is 51.4 Å². The van der Waals surface area contributed by atoms with E-state index < -0.39 is 4.92 Å². The molecule has 0 unspecified atom stereocenters. The van der Waals surface area contributed by atoms with E-state index in [1.54, 1.807) is 0 Å². The predicted octanol–water partition coefficient (Wildman–Crippen LogP) is 2.75. The monoisotopic (exact) mass is 320 g/mol. The van der Waals surface area contributed by atoms with E-state index in [1.807, 2.05) is 4.90 Å². The Morgan fingerprint density at radius 3 is 2.52 bits per heavy atom. The van der Waals surface area contributed by atoms with E-state index >= 15 is 0 Å². The molecule has 1 aromatic heterocycles. The summed E-state index contributed by atoms with van der Waals surface area (Å²) in [6, 6.07) is 0. The Hall–Kier alpha value is -1.92. The van der Waals surface area contributed by atoms with Gasteiger partial charge in [-0.05, 0) is 31.1 Å². The summed E-state index contributed by atoms with van der Waals surface area (Å²) < 4.78 is 1.47. The van der Waals surface area contributed by atoms with Crippen LogP contribution in [0.2, 0.25) is 0 Å². The second kappa shape index (κ2) is 6.68. The van der Waals surface area contributed by atoms with Gasteiger partial charge < -0.3 is 4.90 Å². The van der Waals surface area contributed by atoms with Crippen molar-refractivity contribution in [3.8, 4) is 0 Å². The van der Waals surface area contributed by atoms with Crippen LogP contribution in [-0.4, -0.2) is 38.6 Å². The summed E-state index contributed by atoms with van der Waals surface area (Å²) in [7, 11) is 0. The molecule has 0 aromatic carbocycles. The molecule has 3 rings (SSSR count). The van der Waals surface area contributed by atoms with E-state index in [0.717, 1.165) is 25.9 Å². The van der Waals surface area contributed by atoms with Crippen molar-refractivity contribution < 1.29 is 9.72 Å². The van der Waals surface area contributed by atoms with Crippen molar-refractivity contribution in [2.45, 2.75) is 57.9 Å². The Balaban J connectivity index is 1.46. The van der Waals surface area contributed by atoms with Crippen molar-refractivity contribution in [3.63, 3.8) is 0 Å². The van der Waals surface area contributed by atoms with Crippen LogP contribution in [0.15, 0.2) is 12.4 Å². The summed E-state index contributed by atoms with van der Waals surface area (Å²) in [4.78, 5) is 24.4. The van der Waals surface area contributed by atoms with Crippen LogP contribution in [0.4, 0.5) is 5.69 Å². The standard InChI is InChI=1S/C16H24N4O3/c21-15(4-9-19-13-14(12-17-19)20(22)23)18-10-7-16(8-11-18)5-2-1-3-6-16/h12-13H,1-11H2. The maximum Gasteiger partial charge on any atom is 0.306 e. The van der Waals surface area contributed by atoms with Crippen molar-refractivity contribution in [1.29, 1.82) is 0 Å². The van der Waals surface area contributed by atoms with Gasteiger partial charge in [0.1, 0.15) is 12.4 Å². The summed E-state index contributed by atoms with van der Waals surface area (Å²) in [5.41, 5.74) is 0.465. The Labute approximate surface area is 135 Å². The minimum atomic E-state index is -0.473. The first-order chi connectivity index (χ1) is 11.1. The Morgan fingerprint density at radius 1 is 1.22 bits per heavy atom. The normalized spacial score (nSPS) is 20.6. The molecule has 2 fully saturated rings. The van der Waals surface area contributed by atoms with Gasteiger partial charge >= 0.3 is 5.69 Å². The maximum absolute atomic E-state index is 12.3. The summed E-state index contributed by atoms with van der Waals surface area (Å²) in [5, 5.41) is 14.6. The van der Waals surface area contributed by atoms with Gasteiger partial charge in [0.25, 0.3) is 0 Å². The summed E-state index contributed by atoms with van der Waals surface area (Å²) in [5.74, 6) is 0.133.